The zero-order valence-electron chi connectivity index (χ0n) is 6.35. The molecular formula is C8H11ClFN. The minimum Gasteiger partial charge on any atom is -0.331 e. The van der Waals surface area contributed by atoms with Crippen molar-refractivity contribution in [2.24, 2.45) is 5.73 Å². The van der Waals surface area contributed by atoms with Gasteiger partial charge in [0.1, 0.15) is 5.82 Å². The molecule has 62 valence electrons. The van der Waals surface area contributed by atoms with Gasteiger partial charge in [-0.25, -0.2) is 4.39 Å². The van der Waals surface area contributed by atoms with Gasteiger partial charge in [-0.3, -0.25) is 0 Å². The molecule has 1 rings (SSSR count). The Balaban J connectivity index is 0.000000292. The number of hydrogen-bond donors (Lipinski definition) is 1. The summed E-state index contributed by atoms with van der Waals surface area (Å²) in [6.45, 7) is 2.65. The lowest BCUT2D eigenvalue weighted by Crippen LogP contribution is -1.87. The van der Waals surface area contributed by atoms with Crippen molar-refractivity contribution in [3.05, 3.63) is 35.1 Å². The van der Waals surface area contributed by atoms with Gasteiger partial charge in [0, 0.05) is 0 Å². The third kappa shape index (κ3) is 4.76. The molecule has 2 N–H and O–H groups in total. The highest BCUT2D eigenvalue weighted by molar-refractivity contribution is 6.30. The lowest BCUT2D eigenvalue weighted by atomic mass is 10.4. The second kappa shape index (κ2) is 6.13. The molecule has 0 saturated heterocycles. The fourth-order valence-electron chi connectivity index (χ4n) is 0.439. The first-order chi connectivity index (χ1) is 5.22. The van der Waals surface area contributed by atoms with E-state index in [0.29, 0.717) is 0 Å². The van der Waals surface area contributed by atoms with Gasteiger partial charge in [0.25, 0.3) is 0 Å². The molecule has 0 atom stereocenters. The lowest BCUT2D eigenvalue weighted by Gasteiger charge is -1.86. The molecule has 0 spiro atoms. The lowest BCUT2D eigenvalue weighted by molar-refractivity contribution is 0.628. The van der Waals surface area contributed by atoms with E-state index in [-0.39, 0.29) is 10.8 Å². The van der Waals surface area contributed by atoms with Crippen molar-refractivity contribution in [2.75, 3.05) is 6.54 Å². The molecule has 0 unspecified atom stereocenters. The quantitative estimate of drug-likeness (QED) is 0.644. The number of nitrogens with two attached hydrogens (primary N) is 1. The van der Waals surface area contributed by atoms with Gasteiger partial charge < -0.3 is 5.73 Å². The summed E-state index contributed by atoms with van der Waals surface area (Å²) in [5.74, 6) is -0.367. The predicted molar refractivity (Wildman–Crippen MR) is 46.1 cm³/mol. The highest BCUT2D eigenvalue weighted by atomic mass is 35.5. The fraction of sp³-hybridized carbons (Fsp3) is 0.250. The molecule has 1 aromatic rings. The molecule has 0 bridgehead atoms. The molecule has 0 radical (unpaired) electrons. The molecule has 0 heterocycles. The molecule has 0 fully saturated rings. The zero-order valence-corrected chi connectivity index (χ0v) is 7.11. The fourth-order valence-corrected chi connectivity index (χ4v) is 0.575. The van der Waals surface area contributed by atoms with E-state index in [1.807, 2.05) is 6.92 Å². The summed E-state index contributed by atoms with van der Waals surface area (Å²) in [5.41, 5.74) is 4.85. The predicted octanol–water partition coefficient (Wildman–Crippen LogP) is 2.44. The van der Waals surface area contributed by atoms with Crippen LogP contribution in [0.2, 0.25) is 5.02 Å². The summed E-state index contributed by atoms with van der Waals surface area (Å²) >= 11 is 5.33. The van der Waals surface area contributed by atoms with Crippen molar-refractivity contribution in [1.29, 1.82) is 0 Å². The van der Waals surface area contributed by atoms with Gasteiger partial charge >= 0.3 is 0 Å². The van der Waals surface area contributed by atoms with E-state index in [9.17, 15) is 4.39 Å². The van der Waals surface area contributed by atoms with E-state index >= 15 is 0 Å². The van der Waals surface area contributed by atoms with Crippen LogP contribution in [0.4, 0.5) is 4.39 Å². The largest absolute Gasteiger partial charge is 0.331 e. The average molecular weight is 176 g/mol. The highest BCUT2D eigenvalue weighted by Crippen LogP contribution is 2.11. The first-order valence-electron chi connectivity index (χ1n) is 3.32. The van der Waals surface area contributed by atoms with Crippen LogP contribution in [-0.2, 0) is 0 Å². The van der Waals surface area contributed by atoms with Crippen LogP contribution in [0.1, 0.15) is 6.92 Å². The minimum atomic E-state index is -0.367. The molecule has 0 amide bonds. The van der Waals surface area contributed by atoms with Crippen molar-refractivity contribution in [2.45, 2.75) is 6.92 Å². The second-order valence-corrected chi connectivity index (χ2v) is 2.23. The average Bonchev–Trinajstić information content (AvgIpc) is 1.97. The number of rotatable bonds is 0. The van der Waals surface area contributed by atoms with E-state index in [2.05, 4.69) is 0 Å². The Kier molecular flexibility index (Phi) is 5.80. The molecule has 11 heavy (non-hydrogen) atoms. The Morgan fingerprint density at radius 3 is 2.18 bits per heavy atom. The van der Waals surface area contributed by atoms with E-state index < -0.39 is 0 Å². The summed E-state index contributed by atoms with van der Waals surface area (Å²) in [6, 6.07) is 6.12. The van der Waals surface area contributed by atoms with Gasteiger partial charge in [0.15, 0.2) is 0 Å². The van der Waals surface area contributed by atoms with Crippen LogP contribution in [0.5, 0.6) is 0 Å². The second-order valence-electron chi connectivity index (χ2n) is 1.82. The maximum atomic E-state index is 12.2. The summed E-state index contributed by atoms with van der Waals surface area (Å²) in [5, 5.41) is 0.174. The topological polar surface area (TPSA) is 26.0 Å². The first kappa shape index (κ1) is 10.4. The molecular weight excluding hydrogens is 165 g/mol. The van der Waals surface area contributed by atoms with Gasteiger partial charge in [-0.15, -0.1) is 0 Å². The maximum Gasteiger partial charge on any atom is 0.141 e. The molecule has 0 aromatic heterocycles. The molecule has 3 heteroatoms. The van der Waals surface area contributed by atoms with Gasteiger partial charge in [-0.2, -0.15) is 0 Å². The van der Waals surface area contributed by atoms with Crippen LogP contribution >= 0.6 is 11.6 Å². The Morgan fingerprint density at radius 1 is 1.45 bits per heavy atom. The van der Waals surface area contributed by atoms with Crippen LogP contribution in [-0.4, -0.2) is 6.54 Å². The van der Waals surface area contributed by atoms with E-state index in [1.165, 1.54) is 12.1 Å². The number of halogens is 2. The smallest absolute Gasteiger partial charge is 0.141 e. The zero-order chi connectivity index (χ0) is 8.69. The van der Waals surface area contributed by atoms with Crippen molar-refractivity contribution >= 4 is 11.6 Å². The van der Waals surface area contributed by atoms with Gasteiger partial charge in [-0.05, 0) is 18.7 Å². The maximum absolute atomic E-state index is 12.2. The van der Waals surface area contributed by atoms with Crippen LogP contribution in [0.3, 0.4) is 0 Å². The minimum absolute atomic E-state index is 0.174. The summed E-state index contributed by atoms with van der Waals surface area (Å²) in [4.78, 5) is 0. The van der Waals surface area contributed by atoms with E-state index in [0.717, 1.165) is 6.54 Å². The molecule has 1 aromatic carbocycles. The standard InChI is InChI=1S/C6H4ClF.C2H7N/c7-5-3-1-2-4-6(5)8;1-2-3/h1-4H;2-3H2,1H3. The Labute approximate surface area is 71.0 Å². The number of benzene rings is 1. The Bertz CT molecular complexity index is 182. The first-order valence-corrected chi connectivity index (χ1v) is 3.70. The van der Waals surface area contributed by atoms with Crippen molar-refractivity contribution in [3.63, 3.8) is 0 Å². The van der Waals surface area contributed by atoms with Crippen LogP contribution in [0, 0.1) is 5.82 Å². The van der Waals surface area contributed by atoms with Crippen LogP contribution in [0.25, 0.3) is 0 Å². The van der Waals surface area contributed by atoms with Gasteiger partial charge in [-0.1, -0.05) is 30.7 Å². The Morgan fingerprint density at radius 2 is 1.91 bits per heavy atom. The molecule has 0 aliphatic heterocycles. The Hall–Kier alpha value is -0.600. The monoisotopic (exact) mass is 175 g/mol. The highest BCUT2D eigenvalue weighted by Gasteiger charge is 1.91. The third-order valence-electron chi connectivity index (χ3n) is 0.824. The van der Waals surface area contributed by atoms with Crippen molar-refractivity contribution in [1.82, 2.24) is 0 Å². The molecule has 0 saturated carbocycles. The van der Waals surface area contributed by atoms with E-state index in [1.54, 1.807) is 12.1 Å². The van der Waals surface area contributed by atoms with Crippen molar-refractivity contribution < 1.29 is 4.39 Å². The normalized spacial score (nSPS) is 8.36. The van der Waals surface area contributed by atoms with Gasteiger partial charge in [0.05, 0.1) is 5.02 Å². The van der Waals surface area contributed by atoms with E-state index in [4.69, 9.17) is 17.3 Å². The molecule has 0 aliphatic rings. The van der Waals surface area contributed by atoms with Gasteiger partial charge in [0.2, 0.25) is 0 Å². The molecule has 0 aliphatic carbocycles. The van der Waals surface area contributed by atoms with Crippen LogP contribution < -0.4 is 5.73 Å². The summed E-state index contributed by atoms with van der Waals surface area (Å²) in [6.07, 6.45) is 0. The van der Waals surface area contributed by atoms with Crippen molar-refractivity contribution in [3.8, 4) is 0 Å². The third-order valence-corrected chi connectivity index (χ3v) is 1.13. The molecule has 1 nitrogen and oxygen atoms in total. The number of hydrogen-bond acceptors (Lipinski definition) is 1. The SMILES string of the molecule is CCN.Fc1ccccc1Cl. The summed E-state index contributed by atoms with van der Waals surface area (Å²) in [7, 11) is 0. The van der Waals surface area contributed by atoms with Crippen LogP contribution in [0.15, 0.2) is 24.3 Å². The summed E-state index contributed by atoms with van der Waals surface area (Å²) < 4.78 is 12.2.